The predicted molar refractivity (Wildman–Crippen MR) is 110 cm³/mol. The summed E-state index contributed by atoms with van der Waals surface area (Å²) in [6.45, 7) is 9.17. The van der Waals surface area contributed by atoms with Gasteiger partial charge in [-0.15, -0.1) is 0 Å². The van der Waals surface area contributed by atoms with Crippen LogP contribution in [-0.2, 0) is 0 Å². The van der Waals surface area contributed by atoms with E-state index in [2.05, 4.69) is 60.5 Å². The van der Waals surface area contributed by atoms with E-state index in [0.29, 0.717) is 0 Å². The smallest absolute Gasteiger partial charge is 0.228 e. The molecule has 3 aromatic rings. The van der Waals surface area contributed by atoms with E-state index in [4.69, 9.17) is 9.72 Å². The van der Waals surface area contributed by atoms with E-state index in [-0.39, 0.29) is 11.1 Å². The first-order valence-corrected chi connectivity index (χ1v) is 9.61. The van der Waals surface area contributed by atoms with Gasteiger partial charge in [0.1, 0.15) is 11.6 Å². The maximum absolute atomic E-state index is 5.34. The van der Waals surface area contributed by atoms with Crippen molar-refractivity contribution in [3.8, 4) is 11.6 Å². The number of fused-ring (bicyclic) bond motifs is 1. The number of rotatable bonds is 3. The highest BCUT2D eigenvalue weighted by molar-refractivity contribution is 5.83. The van der Waals surface area contributed by atoms with E-state index in [1.807, 2.05) is 24.4 Å². The molecule has 0 N–H and O–H groups in total. The molecule has 1 aromatic carbocycles. The number of aromatic nitrogens is 3. The highest BCUT2D eigenvalue weighted by Gasteiger charge is 2.42. The van der Waals surface area contributed by atoms with Crippen molar-refractivity contribution in [3.05, 3.63) is 42.7 Å². The third-order valence-electron chi connectivity index (χ3n) is 5.76. The molecule has 5 nitrogen and oxygen atoms in total. The Morgan fingerprint density at radius 2 is 1.74 bits per heavy atom. The lowest BCUT2D eigenvalue weighted by atomic mass is 9.80. The molecule has 1 aliphatic rings. The highest BCUT2D eigenvalue weighted by atomic mass is 16.5. The third-order valence-corrected chi connectivity index (χ3v) is 5.76. The minimum atomic E-state index is 0.0342. The van der Waals surface area contributed by atoms with E-state index in [1.54, 1.807) is 7.11 Å². The summed E-state index contributed by atoms with van der Waals surface area (Å²) >= 11 is 0. The maximum Gasteiger partial charge on any atom is 0.228 e. The lowest BCUT2D eigenvalue weighted by Gasteiger charge is -2.52. The number of hydrogen-bond acceptors (Lipinski definition) is 4. The molecule has 2 aromatic heterocycles. The van der Waals surface area contributed by atoms with Crippen molar-refractivity contribution in [2.75, 3.05) is 12.0 Å². The number of methoxy groups -OCH3 is 1. The van der Waals surface area contributed by atoms with Crippen LogP contribution in [0.3, 0.4) is 0 Å². The Balaban J connectivity index is 1.79. The molecule has 0 saturated carbocycles. The molecule has 0 atom stereocenters. The minimum absolute atomic E-state index is 0.0342. The summed E-state index contributed by atoms with van der Waals surface area (Å²) in [6, 6.07) is 10.2. The van der Waals surface area contributed by atoms with Crippen molar-refractivity contribution >= 4 is 16.9 Å². The van der Waals surface area contributed by atoms with Gasteiger partial charge in [-0.05, 0) is 77.3 Å². The molecular formula is C22H28N4O. The van der Waals surface area contributed by atoms with Gasteiger partial charge in [0, 0.05) is 28.9 Å². The first-order valence-electron chi connectivity index (χ1n) is 9.61. The number of anilines is 1. The monoisotopic (exact) mass is 364 g/mol. The molecular weight excluding hydrogens is 336 g/mol. The fraction of sp³-hybridized carbons (Fsp3) is 0.455. The van der Waals surface area contributed by atoms with E-state index >= 15 is 0 Å². The summed E-state index contributed by atoms with van der Waals surface area (Å²) in [5.41, 5.74) is 1.18. The average Bonchev–Trinajstić information content (AvgIpc) is 3.03. The van der Waals surface area contributed by atoms with Crippen molar-refractivity contribution in [2.45, 2.75) is 58.0 Å². The van der Waals surface area contributed by atoms with Crippen LogP contribution < -0.4 is 9.64 Å². The summed E-state index contributed by atoms with van der Waals surface area (Å²) in [5, 5.41) is 1.13. The Hall–Kier alpha value is -2.56. The molecule has 1 aliphatic heterocycles. The van der Waals surface area contributed by atoms with E-state index in [9.17, 15) is 0 Å². The highest BCUT2D eigenvalue weighted by Crippen LogP contribution is 2.40. The van der Waals surface area contributed by atoms with Crippen molar-refractivity contribution in [1.29, 1.82) is 0 Å². The molecule has 0 bridgehead atoms. The van der Waals surface area contributed by atoms with Crippen LogP contribution in [0.1, 0.15) is 47.0 Å². The molecule has 0 spiro atoms. The molecule has 1 saturated heterocycles. The number of benzene rings is 1. The molecule has 0 radical (unpaired) electrons. The van der Waals surface area contributed by atoms with Gasteiger partial charge in [0.2, 0.25) is 5.95 Å². The van der Waals surface area contributed by atoms with Crippen LogP contribution in [0.15, 0.2) is 42.7 Å². The number of nitrogens with zero attached hydrogens (tertiary/aromatic N) is 4. The predicted octanol–water partition coefficient (Wildman–Crippen LogP) is 4.98. The van der Waals surface area contributed by atoms with Gasteiger partial charge in [-0.2, -0.15) is 4.98 Å². The summed E-state index contributed by atoms with van der Waals surface area (Å²) in [5.74, 6) is 2.55. The van der Waals surface area contributed by atoms with Crippen LogP contribution in [-0.4, -0.2) is 32.7 Å². The van der Waals surface area contributed by atoms with Gasteiger partial charge in [0.15, 0.2) is 0 Å². The molecule has 0 unspecified atom stereocenters. The second-order valence-electron chi connectivity index (χ2n) is 8.64. The summed E-state index contributed by atoms with van der Waals surface area (Å²) in [6.07, 6.45) is 7.46. The standard InChI is InChI=1S/C22H28N4O/c1-21(2)11-6-12-22(3,4)26(21)20-23-13-9-19(24-20)25-14-10-16-15-17(27-5)7-8-18(16)25/h7-10,13-15H,6,11-12H2,1-5H3. The SMILES string of the molecule is COc1ccc2c(ccn2-c2ccnc(N3C(C)(C)CCCC3(C)C)n2)c1. The number of hydrogen-bond donors (Lipinski definition) is 0. The molecule has 142 valence electrons. The van der Waals surface area contributed by atoms with E-state index in [0.717, 1.165) is 41.3 Å². The molecule has 4 rings (SSSR count). The van der Waals surface area contributed by atoms with Gasteiger partial charge in [-0.25, -0.2) is 4.98 Å². The zero-order valence-electron chi connectivity index (χ0n) is 16.9. The first kappa shape index (κ1) is 17.8. The molecule has 27 heavy (non-hydrogen) atoms. The number of piperidine rings is 1. The zero-order chi connectivity index (χ0) is 19.2. The van der Waals surface area contributed by atoms with E-state index < -0.39 is 0 Å². The van der Waals surface area contributed by atoms with Crippen LogP contribution in [0.5, 0.6) is 5.75 Å². The lowest BCUT2D eigenvalue weighted by Crippen LogP contribution is -2.59. The zero-order valence-corrected chi connectivity index (χ0v) is 16.9. The van der Waals surface area contributed by atoms with Gasteiger partial charge < -0.3 is 14.2 Å². The normalized spacial score (nSPS) is 18.6. The fourth-order valence-electron chi connectivity index (χ4n) is 4.57. The molecule has 5 heteroatoms. The van der Waals surface area contributed by atoms with Gasteiger partial charge in [-0.3, -0.25) is 0 Å². The molecule has 3 heterocycles. The Labute approximate surface area is 161 Å². The molecule has 0 amide bonds. The van der Waals surface area contributed by atoms with Crippen molar-refractivity contribution in [3.63, 3.8) is 0 Å². The maximum atomic E-state index is 5.34. The van der Waals surface area contributed by atoms with Crippen LogP contribution in [0.2, 0.25) is 0 Å². The fourth-order valence-corrected chi connectivity index (χ4v) is 4.57. The van der Waals surface area contributed by atoms with Gasteiger partial charge in [0.25, 0.3) is 0 Å². The Bertz CT molecular complexity index is 957. The summed E-state index contributed by atoms with van der Waals surface area (Å²) in [4.78, 5) is 12.0. The second kappa shape index (κ2) is 6.25. The van der Waals surface area contributed by atoms with E-state index in [1.165, 1.54) is 6.42 Å². The van der Waals surface area contributed by atoms with Crippen molar-refractivity contribution in [2.24, 2.45) is 0 Å². The van der Waals surface area contributed by atoms with Crippen molar-refractivity contribution < 1.29 is 4.74 Å². The largest absolute Gasteiger partial charge is 0.497 e. The Morgan fingerprint density at radius 3 is 2.44 bits per heavy atom. The minimum Gasteiger partial charge on any atom is -0.497 e. The molecule has 0 aliphatic carbocycles. The van der Waals surface area contributed by atoms with Crippen LogP contribution >= 0.6 is 0 Å². The lowest BCUT2D eigenvalue weighted by molar-refractivity contribution is 0.239. The van der Waals surface area contributed by atoms with Crippen LogP contribution in [0, 0.1) is 0 Å². The van der Waals surface area contributed by atoms with Gasteiger partial charge in [-0.1, -0.05) is 0 Å². The Kier molecular flexibility index (Phi) is 4.13. The number of ether oxygens (including phenoxy) is 1. The topological polar surface area (TPSA) is 43.2 Å². The average molecular weight is 364 g/mol. The van der Waals surface area contributed by atoms with Crippen LogP contribution in [0.25, 0.3) is 16.7 Å². The van der Waals surface area contributed by atoms with Crippen LogP contribution in [0.4, 0.5) is 5.95 Å². The quantitative estimate of drug-likeness (QED) is 0.658. The van der Waals surface area contributed by atoms with Crippen molar-refractivity contribution in [1.82, 2.24) is 14.5 Å². The third kappa shape index (κ3) is 3.05. The molecule has 1 fully saturated rings. The summed E-state index contributed by atoms with van der Waals surface area (Å²) < 4.78 is 7.45. The van der Waals surface area contributed by atoms with Gasteiger partial charge in [0.05, 0.1) is 12.6 Å². The first-order chi connectivity index (χ1) is 12.8. The second-order valence-corrected chi connectivity index (χ2v) is 8.64. The summed E-state index contributed by atoms with van der Waals surface area (Å²) in [7, 11) is 1.69. The Morgan fingerprint density at radius 1 is 1.00 bits per heavy atom. The van der Waals surface area contributed by atoms with Gasteiger partial charge >= 0.3 is 0 Å².